The van der Waals surface area contributed by atoms with Gasteiger partial charge < -0.3 is 10.6 Å². The lowest BCUT2D eigenvalue weighted by molar-refractivity contribution is -0.131. The average molecular weight is 356 g/mol. The van der Waals surface area contributed by atoms with Crippen LogP contribution in [0, 0.1) is 0 Å². The highest BCUT2D eigenvalue weighted by atomic mass is 32.1. The van der Waals surface area contributed by atoms with E-state index in [0.717, 1.165) is 12.0 Å². The van der Waals surface area contributed by atoms with Gasteiger partial charge in [-0.25, -0.2) is 4.98 Å². The van der Waals surface area contributed by atoms with E-state index in [9.17, 15) is 9.59 Å². The number of nitrogens with zero attached hydrogens (tertiary/aromatic N) is 3. The minimum Gasteiger partial charge on any atom is -0.340 e. The number of amides is 1. The van der Waals surface area contributed by atoms with Gasteiger partial charge in [0.15, 0.2) is 0 Å². The number of nitrogens with two attached hydrogens (primary N) is 1. The van der Waals surface area contributed by atoms with Gasteiger partial charge in [-0.3, -0.25) is 14.2 Å². The Morgan fingerprint density at radius 2 is 2.00 bits per heavy atom. The SMILES string of the molecule is NCCN(CCc1ccccc1)C(=O)Cn1cnc2sccc2c1=O. The Morgan fingerprint density at radius 3 is 2.76 bits per heavy atom. The number of hydrogen-bond acceptors (Lipinski definition) is 5. The van der Waals surface area contributed by atoms with Gasteiger partial charge in [-0.15, -0.1) is 11.3 Å². The van der Waals surface area contributed by atoms with Crippen LogP contribution in [0.25, 0.3) is 10.2 Å². The summed E-state index contributed by atoms with van der Waals surface area (Å²) in [6.07, 6.45) is 2.19. The first-order chi connectivity index (χ1) is 12.2. The van der Waals surface area contributed by atoms with E-state index < -0.39 is 0 Å². The van der Waals surface area contributed by atoms with Crippen LogP contribution in [0.5, 0.6) is 0 Å². The van der Waals surface area contributed by atoms with E-state index in [0.29, 0.717) is 29.9 Å². The lowest BCUT2D eigenvalue weighted by Gasteiger charge is -2.22. The standard InChI is InChI=1S/C18H20N4O2S/c19-8-10-21(9-6-14-4-2-1-3-5-14)16(23)12-22-13-20-17-15(18(22)24)7-11-25-17/h1-5,7,11,13H,6,8-10,12,19H2. The number of rotatable bonds is 7. The molecule has 0 fully saturated rings. The molecule has 1 aromatic carbocycles. The molecule has 0 aliphatic carbocycles. The van der Waals surface area contributed by atoms with Crippen molar-refractivity contribution in [2.75, 3.05) is 19.6 Å². The summed E-state index contributed by atoms with van der Waals surface area (Å²) in [5.74, 6) is -0.125. The molecule has 0 saturated carbocycles. The van der Waals surface area contributed by atoms with Crippen LogP contribution in [0.2, 0.25) is 0 Å². The van der Waals surface area contributed by atoms with Crippen LogP contribution < -0.4 is 11.3 Å². The maximum Gasteiger partial charge on any atom is 0.262 e. The van der Waals surface area contributed by atoms with Crippen molar-refractivity contribution in [2.45, 2.75) is 13.0 Å². The van der Waals surface area contributed by atoms with Crippen molar-refractivity contribution in [1.82, 2.24) is 14.5 Å². The molecule has 25 heavy (non-hydrogen) atoms. The predicted molar refractivity (Wildman–Crippen MR) is 99.7 cm³/mol. The van der Waals surface area contributed by atoms with Crippen LogP contribution in [-0.2, 0) is 17.8 Å². The lowest BCUT2D eigenvalue weighted by atomic mass is 10.1. The number of aromatic nitrogens is 2. The van der Waals surface area contributed by atoms with Crippen molar-refractivity contribution in [3.63, 3.8) is 0 Å². The molecular formula is C18H20N4O2S. The van der Waals surface area contributed by atoms with Gasteiger partial charge in [0.2, 0.25) is 5.91 Å². The Labute approximate surface area is 149 Å². The number of benzene rings is 1. The molecule has 7 heteroatoms. The van der Waals surface area contributed by atoms with Gasteiger partial charge in [0.05, 0.1) is 11.7 Å². The quantitative estimate of drug-likeness (QED) is 0.695. The predicted octanol–water partition coefficient (Wildman–Crippen LogP) is 1.49. The van der Waals surface area contributed by atoms with Crippen LogP contribution in [0.4, 0.5) is 0 Å². The topological polar surface area (TPSA) is 81.2 Å². The molecule has 0 bridgehead atoms. The fraction of sp³-hybridized carbons (Fsp3) is 0.278. The molecule has 2 aromatic heterocycles. The molecule has 6 nitrogen and oxygen atoms in total. The Kier molecular flexibility index (Phi) is 5.57. The summed E-state index contributed by atoms with van der Waals surface area (Å²) < 4.78 is 1.36. The van der Waals surface area contributed by atoms with E-state index in [1.54, 1.807) is 11.0 Å². The third-order valence-corrected chi connectivity index (χ3v) is 4.84. The van der Waals surface area contributed by atoms with Gasteiger partial charge in [-0.1, -0.05) is 30.3 Å². The Bertz CT molecular complexity index is 904. The van der Waals surface area contributed by atoms with Crippen molar-refractivity contribution in [3.8, 4) is 0 Å². The number of carbonyl (C=O) groups excluding carboxylic acids is 1. The molecule has 1 amide bonds. The van der Waals surface area contributed by atoms with Crippen molar-refractivity contribution >= 4 is 27.5 Å². The summed E-state index contributed by atoms with van der Waals surface area (Å²) in [5, 5.41) is 2.38. The van der Waals surface area contributed by atoms with Gasteiger partial charge in [0.1, 0.15) is 11.4 Å². The average Bonchev–Trinajstić information content (AvgIpc) is 3.11. The van der Waals surface area contributed by atoms with Crippen LogP contribution in [0.15, 0.2) is 52.9 Å². The van der Waals surface area contributed by atoms with Crippen LogP contribution in [-0.4, -0.2) is 40.0 Å². The summed E-state index contributed by atoms with van der Waals surface area (Å²) in [7, 11) is 0. The van der Waals surface area contributed by atoms with E-state index in [-0.39, 0.29) is 18.0 Å². The molecule has 0 spiro atoms. The van der Waals surface area contributed by atoms with Crippen LogP contribution in [0.1, 0.15) is 5.56 Å². The highest BCUT2D eigenvalue weighted by Gasteiger charge is 2.15. The molecule has 3 rings (SSSR count). The van der Waals surface area contributed by atoms with Gasteiger partial charge in [0, 0.05) is 19.6 Å². The van der Waals surface area contributed by atoms with E-state index >= 15 is 0 Å². The monoisotopic (exact) mass is 356 g/mol. The first-order valence-electron chi connectivity index (χ1n) is 8.13. The zero-order valence-electron chi connectivity index (χ0n) is 13.8. The molecule has 0 aliphatic heterocycles. The fourth-order valence-corrected chi connectivity index (χ4v) is 3.40. The molecule has 130 valence electrons. The van der Waals surface area contributed by atoms with Crippen LogP contribution >= 0.6 is 11.3 Å². The molecule has 3 aromatic rings. The van der Waals surface area contributed by atoms with E-state index in [4.69, 9.17) is 5.73 Å². The van der Waals surface area contributed by atoms with Crippen molar-refractivity contribution in [2.24, 2.45) is 5.73 Å². The minimum atomic E-state index is -0.185. The second kappa shape index (κ2) is 8.04. The zero-order chi connectivity index (χ0) is 17.6. The summed E-state index contributed by atoms with van der Waals surface area (Å²) in [5.41, 5.74) is 6.62. The number of thiophene rings is 1. The number of carbonyl (C=O) groups is 1. The molecule has 2 heterocycles. The van der Waals surface area contributed by atoms with E-state index in [1.807, 2.05) is 35.7 Å². The lowest BCUT2D eigenvalue weighted by Crippen LogP contribution is -2.40. The molecule has 2 N–H and O–H groups in total. The molecule has 0 atom stereocenters. The summed E-state index contributed by atoms with van der Waals surface area (Å²) in [4.78, 5) is 31.7. The molecule has 0 saturated heterocycles. The minimum absolute atomic E-state index is 0.0214. The Hall–Kier alpha value is -2.51. The molecule has 0 aliphatic rings. The number of fused-ring (bicyclic) bond motifs is 1. The first-order valence-corrected chi connectivity index (χ1v) is 9.01. The third-order valence-electron chi connectivity index (χ3n) is 4.02. The summed E-state index contributed by atoms with van der Waals surface area (Å²) >= 11 is 1.41. The molecule has 0 unspecified atom stereocenters. The highest BCUT2D eigenvalue weighted by Crippen LogP contribution is 2.13. The van der Waals surface area contributed by atoms with Gasteiger partial charge in [-0.2, -0.15) is 0 Å². The normalized spacial score (nSPS) is 10.9. The van der Waals surface area contributed by atoms with Crippen molar-refractivity contribution in [1.29, 1.82) is 0 Å². The summed E-state index contributed by atoms with van der Waals surface area (Å²) in [6, 6.07) is 11.7. The van der Waals surface area contributed by atoms with Crippen molar-refractivity contribution in [3.05, 3.63) is 64.0 Å². The Morgan fingerprint density at radius 1 is 1.20 bits per heavy atom. The zero-order valence-corrected chi connectivity index (χ0v) is 14.6. The first kappa shape index (κ1) is 17.3. The van der Waals surface area contributed by atoms with E-state index in [1.165, 1.54) is 22.2 Å². The maximum atomic E-state index is 12.6. The van der Waals surface area contributed by atoms with Gasteiger partial charge >= 0.3 is 0 Å². The summed E-state index contributed by atoms with van der Waals surface area (Å²) in [6.45, 7) is 1.40. The third kappa shape index (κ3) is 4.12. The highest BCUT2D eigenvalue weighted by molar-refractivity contribution is 7.16. The Balaban J connectivity index is 1.71. The molecule has 0 radical (unpaired) electrons. The maximum absolute atomic E-state index is 12.6. The smallest absolute Gasteiger partial charge is 0.262 e. The van der Waals surface area contributed by atoms with E-state index in [2.05, 4.69) is 4.98 Å². The van der Waals surface area contributed by atoms with Crippen LogP contribution in [0.3, 0.4) is 0 Å². The second-order valence-electron chi connectivity index (χ2n) is 5.72. The molecular weight excluding hydrogens is 336 g/mol. The second-order valence-corrected chi connectivity index (χ2v) is 6.62. The largest absolute Gasteiger partial charge is 0.340 e. The van der Waals surface area contributed by atoms with Gasteiger partial charge in [-0.05, 0) is 23.4 Å². The van der Waals surface area contributed by atoms with Gasteiger partial charge in [0.25, 0.3) is 5.56 Å². The van der Waals surface area contributed by atoms with Crippen molar-refractivity contribution < 1.29 is 4.79 Å². The number of hydrogen-bond donors (Lipinski definition) is 1. The fourth-order valence-electron chi connectivity index (χ4n) is 2.68.